The molecule has 2 aromatic carbocycles. The molecule has 0 bridgehead atoms. The van der Waals surface area contributed by atoms with Gasteiger partial charge in [-0.2, -0.15) is 0 Å². The molecular formula is C21H24BrNO6. The lowest BCUT2D eigenvalue weighted by Gasteiger charge is -2.24. The minimum Gasteiger partial charge on any atom is -0.493 e. The van der Waals surface area contributed by atoms with Crippen LogP contribution in [0.15, 0.2) is 46.9 Å². The van der Waals surface area contributed by atoms with Crippen LogP contribution >= 0.6 is 15.9 Å². The third-order valence-corrected chi connectivity index (χ3v) is 4.98. The van der Waals surface area contributed by atoms with Crippen molar-refractivity contribution in [3.8, 4) is 23.0 Å². The van der Waals surface area contributed by atoms with E-state index in [9.17, 15) is 9.90 Å². The van der Waals surface area contributed by atoms with Crippen LogP contribution in [0.3, 0.4) is 0 Å². The Morgan fingerprint density at radius 3 is 2.79 bits per heavy atom. The molecule has 0 saturated heterocycles. The molecule has 1 aliphatic rings. The molecule has 8 heteroatoms. The van der Waals surface area contributed by atoms with Crippen molar-refractivity contribution >= 4 is 21.8 Å². The van der Waals surface area contributed by atoms with Gasteiger partial charge in [-0.15, -0.1) is 0 Å². The van der Waals surface area contributed by atoms with Crippen LogP contribution in [0.2, 0.25) is 0 Å². The SMILES string of the molecule is CC(=O)N(CCCOc1ccc2c(c1)OCO2)C[C@H](O)COc1ccccc1Br. The molecule has 29 heavy (non-hydrogen) atoms. The van der Waals surface area contributed by atoms with Crippen LogP contribution in [0.4, 0.5) is 0 Å². The normalized spacial score (nSPS) is 13.1. The van der Waals surface area contributed by atoms with E-state index in [1.807, 2.05) is 30.3 Å². The fourth-order valence-electron chi connectivity index (χ4n) is 2.84. The highest BCUT2D eigenvalue weighted by Gasteiger charge is 2.16. The summed E-state index contributed by atoms with van der Waals surface area (Å²) in [5, 5.41) is 10.3. The van der Waals surface area contributed by atoms with Crippen molar-refractivity contribution in [1.29, 1.82) is 0 Å². The number of hydrogen-bond donors (Lipinski definition) is 1. The maximum Gasteiger partial charge on any atom is 0.231 e. The molecule has 156 valence electrons. The first-order chi connectivity index (χ1) is 14.0. The van der Waals surface area contributed by atoms with E-state index < -0.39 is 6.10 Å². The van der Waals surface area contributed by atoms with Crippen molar-refractivity contribution in [2.45, 2.75) is 19.4 Å². The summed E-state index contributed by atoms with van der Waals surface area (Å²) in [5.74, 6) is 2.61. The van der Waals surface area contributed by atoms with Gasteiger partial charge in [-0.3, -0.25) is 4.79 Å². The minimum atomic E-state index is -0.791. The summed E-state index contributed by atoms with van der Waals surface area (Å²) in [6.45, 7) is 2.92. The number of para-hydroxylation sites is 1. The number of fused-ring (bicyclic) bond motifs is 1. The number of carbonyl (C=O) groups is 1. The number of carbonyl (C=O) groups excluding carboxylic acids is 1. The first kappa shape index (κ1) is 21.3. The molecule has 1 N–H and O–H groups in total. The first-order valence-electron chi connectivity index (χ1n) is 9.36. The Morgan fingerprint density at radius 2 is 2.00 bits per heavy atom. The average Bonchev–Trinajstić information content (AvgIpc) is 3.17. The van der Waals surface area contributed by atoms with Gasteiger partial charge in [-0.05, 0) is 46.6 Å². The van der Waals surface area contributed by atoms with Gasteiger partial charge >= 0.3 is 0 Å². The Balaban J connectivity index is 1.40. The number of rotatable bonds is 10. The predicted octanol–water partition coefficient (Wildman–Crippen LogP) is 3.24. The average molecular weight is 466 g/mol. The summed E-state index contributed by atoms with van der Waals surface area (Å²) < 4.78 is 22.7. The summed E-state index contributed by atoms with van der Waals surface area (Å²) in [6.07, 6.45) is -0.160. The highest BCUT2D eigenvalue weighted by atomic mass is 79.9. The van der Waals surface area contributed by atoms with E-state index in [0.29, 0.717) is 42.6 Å². The van der Waals surface area contributed by atoms with Gasteiger partial charge in [-0.25, -0.2) is 0 Å². The Kier molecular flexibility index (Phi) is 7.60. The van der Waals surface area contributed by atoms with Gasteiger partial charge < -0.3 is 29.0 Å². The van der Waals surface area contributed by atoms with Gasteiger partial charge in [0.25, 0.3) is 0 Å². The van der Waals surface area contributed by atoms with Crippen molar-refractivity contribution < 1.29 is 28.8 Å². The lowest BCUT2D eigenvalue weighted by molar-refractivity contribution is -0.130. The van der Waals surface area contributed by atoms with Crippen molar-refractivity contribution in [2.24, 2.45) is 0 Å². The fourth-order valence-corrected chi connectivity index (χ4v) is 3.24. The zero-order valence-electron chi connectivity index (χ0n) is 16.2. The Hall–Kier alpha value is -2.45. The number of hydrogen-bond acceptors (Lipinski definition) is 6. The summed E-state index contributed by atoms with van der Waals surface area (Å²) in [4.78, 5) is 13.5. The molecule has 1 amide bonds. The van der Waals surface area contributed by atoms with E-state index in [0.717, 1.165) is 4.47 Å². The highest BCUT2D eigenvalue weighted by Crippen LogP contribution is 2.35. The maximum absolute atomic E-state index is 11.9. The van der Waals surface area contributed by atoms with Crippen molar-refractivity contribution in [3.05, 3.63) is 46.9 Å². The van der Waals surface area contributed by atoms with Crippen LogP contribution in [-0.4, -0.2) is 55.1 Å². The molecule has 7 nitrogen and oxygen atoms in total. The summed E-state index contributed by atoms with van der Waals surface area (Å²) in [7, 11) is 0. The molecule has 0 fully saturated rings. The third kappa shape index (κ3) is 6.27. The molecule has 0 radical (unpaired) electrons. The van der Waals surface area contributed by atoms with Gasteiger partial charge in [-0.1, -0.05) is 12.1 Å². The molecule has 0 aromatic heterocycles. The summed E-state index contributed by atoms with van der Waals surface area (Å²) in [5.41, 5.74) is 0. The van der Waals surface area contributed by atoms with E-state index in [1.165, 1.54) is 6.92 Å². The Labute approximate surface area is 178 Å². The van der Waals surface area contributed by atoms with E-state index >= 15 is 0 Å². The standard InChI is InChI=1S/C21H24BrNO6/c1-15(24)23(12-16(25)13-27-19-6-3-2-5-18(19)22)9-4-10-26-17-7-8-20-21(11-17)29-14-28-20/h2-3,5-8,11,16,25H,4,9-10,12-14H2,1H3/t16-/m0/s1. The van der Waals surface area contributed by atoms with Crippen LogP contribution in [0.1, 0.15) is 13.3 Å². The van der Waals surface area contributed by atoms with Crippen LogP contribution in [0.5, 0.6) is 23.0 Å². The third-order valence-electron chi connectivity index (χ3n) is 4.33. The fraction of sp³-hybridized carbons (Fsp3) is 0.381. The van der Waals surface area contributed by atoms with Crippen LogP contribution in [0, 0.1) is 0 Å². The van der Waals surface area contributed by atoms with Crippen LogP contribution in [0.25, 0.3) is 0 Å². The molecule has 1 heterocycles. The van der Waals surface area contributed by atoms with Gasteiger partial charge in [0.1, 0.15) is 24.2 Å². The number of benzene rings is 2. The van der Waals surface area contributed by atoms with Gasteiger partial charge in [0.2, 0.25) is 12.7 Å². The monoisotopic (exact) mass is 465 g/mol. The van der Waals surface area contributed by atoms with Crippen LogP contribution in [-0.2, 0) is 4.79 Å². The molecule has 1 atom stereocenters. The second kappa shape index (κ2) is 10.4. The van der Waals surface area contributed by atoms with Gasteiger partial charge in [0, 0.05) is 26.1 Å². The summed E-state index contributed by atoms with van der Waals surface area (Å²) in [6, 6.07) is 12.8. The topological polar surface area (TPSA) is 77.5 Å². The molecule has 0 saturated carbocycles. The molecule has 1 aliphatic heterocycles. The molecule has 0 aliphatic carbocycles. The first-order valence-corrected chi connectivity index (χ1v) is 10.2. The lowest BCUT2D eigenvalue weighted by Crippen LogP contribution is -2.39. The predicted molar refractivity (Wildman–Crippen MR) is 111 cm³/mol. The lowest BCUT2D eigenvalue weighted by atomic mass is 10.3. The molecular weight excluding hydrogens is 442 g/mol. The zero-order chi connectivity index (χ0) is 20.6. The zero-order valence-corrected chi connectivity index (χ0v) is 17.8. The number of aliphatic hydroxyl groups is 1. The van der Waals surface area contributed by atoms with Crippen LogP contribution < -0.4 is 18.9 Å². The number of nitrogens with zero attached hydrogens (tertiary/aromatic N) is 1. The number of aliphatic hydroxyl groups excluding tert-OH is 1. The van der Waals surface area contributed by atoms with E-state index in [2.05, 4.69) is 15.9 Å². The van der Waals surface area contributed by atoms with Gasteiger partial charge in [0.15, 0.2) is 11.5 Å². The van der Waals surface area contributed by atoms with Crippen molar-refractivity contribution in [1.82, 2.24) is 4.90 Å². The Bertz CT molecular complexity index is 831. The second-order valence-electron chi connectivity index (χ2n) is 6.58. The smallest absolute Gasteiger partial charge is 0.231 e. The van der Waals surface area contributed by atoms with Gasteiger partial charge in [0.05, 0.1) is 11.1 Å². The molecule has 0 unspecified atom stereocenters. The molecule has 3 rings (SSSR count). The van der Waals surface area contributed by atoms with E-state index in [-0.39, 0.29) is 25.9 Å². The van der Waals surface area contributed by atoms with E-state index in [1.54, 1.807) is 17.0 Å². The summed E-state index contributed by atoms with van der Waals surface area (Å²) >= 11 is 3.40. The molecule has 2 aromatic rings. The number of amides is 1. The minimum absolute atomic E-state index is 0.0973. The van der Waals surface area contributed by atoms with Crippen molar-refractivity contribution in [3.63, 3.8) is 0 Å². The van der Waals surface area contributed by atoms with Crippen molar-refractivity contribution in [2.75, 3.05) is 33.1 Å². The largest absolute Gasteiger partial charge is 0.493 e. The molecule has 0 spiro atoms. The second-order valence-corrected chi connectivity index (χ2v) is 7.43. The maximum atomic E-state index is 11.9. The highest BCUT2D eigenvalue weighted by molar-refractivity contribution is 9.10. The van der Waals surface area contributed by atoms with E-state index in [4.69, 9.17) is 18.9 Å². The Morgan fingerprint density at radius 1 is 1.21 bits per heavy atom. The quantitative estimate of drug-likeness (QED) is 0.542. The number of halogens is 1. The number of ether oxygens (including phenoxy) is 4.